The SMILES string of the molecule is CC1(c2nc(-c3ccccc3)nc(-n3c4ccccc4c4cc5c(cc43)C(C)(C)c3ccccc3-5)n2)C=CC=CC1. The summed E-state index contributed by atoms with van der Waals surface area (Å²) in [5, 5.41) is 2.41. The van der Waals surface area contributed by atoms with Crippen LogP contribution in [0.25, 0.3) is 50.3 Å². The van der Waals surface area contributed by atoms with Crippen molar-refractivity contribution < 1.29 is 0 Å². The topological polar surface area (TPSA) is 43.6 Å². The molecule has 0 radical (unpaired) electrons. The molecule has 0 fully saturated rings. The fourth-order valence-electron chi connectivity index (χ4n) is 6.71. The Hall–Kier alpha value is -4.83. The fraction of sp³-hybridized carbons (Fsp3) is 0.162. The molecule has 2 heterocycles. The summed E-state index contributed by atoms with van der Waals surface area (Å²) in [6.07, 6.45) is 9.43. The standard InChI is InChI=1S/C37H30N4/c1-36(2)29-18-10-8-16-25(29)27-22-28-26-17-9-11-19-31(26)41(32(28)23-30(27)36)35-39-33(24-14-6-4-7-15-24)38-34(40-35)37(3)20-12-5-13-21-37/h4-20,22-23H,21H2,1-3H3. The van der Waals surface area contributed by atoms with Gasteiger partial charge in [0.1, 0.15) is 5.82 Å². The minimum Gasteiger partial charge on any atom is -0.278 e. The second kappa shape index (κ2) is 8.58. The summed E-state index contributed by atoms with van der Waals surface area (Å²) in [4.78, 5) is 15.4. The van der Waals surface area contributed by atoms with Crippen LogP contribution >= 0.6 is 0 Å². The second-order valence-corrected chi connectivity index (χ2v) is 12.0. The highest BCUT2D eigenvalue weighted by atomic mass is 15.2. The normalized spacial score (nSPS) is 18.6. The van der Waals surface area contributed by atoms with Gasteiger partial charge in [-0.25, -0.2) is 4.98 Å². The van der Waals surface area contributed by atoms with E-state index in [1.54, 1.807) is 0 Å². The summed E-state index contributed by atoms with van der Waals surface area (Å²) >= 11 is 0. The van der Waals surface area contributed by atoms with Gasteiger partial charge in [0.05, 0.1) is 11.0 Å². The highest BCUT2D eigenvalue weighted by Gasteiger charge is 2.36. The summed E-state index contributed by atoms with van der Waals surface area (Å²) in [5.41, 5.74) is 8.11. The molecule has 2 aromatic heterocycles. The molecule has 1 atom stereocenters. The molecule has 2 aliphatic rings. The molecule has 6 aromatic rings. The number of para-hydroxylation sites is 1. The van der Waals surface area contributed by atoms with Crippen LogP contribution < -0.4 is 0 Å². The van der Waals surface area contributed by atoms with Gasteiger partial charge in [-0.15, -0.1) is 0 Å². The van der Waals surface area contributed by atoms with Gasteiger partial charge in [0.25, 0.3) is 0 Å². The summed E-state index contributed by atoms with van der Waals surface area (Å²) in [5.74, 6) is 2.12. The number of rotatable bonds is 3. The maximum atomic E-state index is 5.22. The molecular formula is C37H30N4. The average Bonchev–Trinajstić information content (AvgIpc) is 3.45. The maximum Gasteiger partial charge on any atom is 0.238 e. The number of benzene rings is 4. The van der Waals surface area contributed by atoms with Crippen LogP contribution in [0.1, 0.15) is 44.1 Å². The van der Waals surface area contributed by atoms with Gasteiger partial charge in [-0.1, -0.05) is 111 Å². The Morgan fingerprint density at radius 1 is 0.659 bits per heavy atom. The first-order chi connectivity index (χ1) is 19.9. The molecule has 198 valence electrons. The molecule has 4 heteroatoms. The van der Waals surface area contributed by atoms with Gasteiger partial charge in [-0.3, -0.25) is 4.57 Å². The van der Waals surface area contributed by atoms with Crippen LogP contribution in [0, 0.1) is 0 Å². The van der Waals surface area contributed by atoms with Crippen molar-refractivity contribution in [3.63, 3.8) is 0 Å². The summed E-state index contributed by atoms with van der Waals surface area (Å²) < 4.78 is 2.24. The summed E-state index contributed by atoms with van der Waals surface area (Å²) in [6, 6.07) is 32.4. The lowest BCUT2D eigenvalue weighted by molar-refractivity contribution is 0.551. The van der Waals surface area contributed by atoms with Crippen molar-refractivity contribution in [3.05, 3.63) is 132 Å². The van der Waals surface area contributed by atoms with Crippen molar-refractivity contribution >= 4 is 21.8 Å². The smallest absolute Gasteiger partial charge is 0.238 e. The Bertz CT molecular complexity index is 2060. The van der Waals surface area contributed by atoms with Crippen LogP contribution in [-0.4, -0.2) is 19.5 Å². The van der Waals surface area contributed by atoms with Crippen molar-refractivity contribution in [2.75, 3.05) is 0 Å². The van der Waals surface area contributed by atoms with Gasteiger partial charge in [-0.2, -0.15) is 9.97 Å². The molecule has 0 saturated carbocycles. The zero-order chi connectivity index (χ0) is 27.8. The minimum absolute atomic E-state index is 0.104. The molecule has 4 nitrogen and oxygen atoms in total. The van der Waals surface area contributed by atoms with Gasteiger partial charge in [0, 0.05) is 27.2 Å². The van der Waals surface area contributed by atoms with Crippen LogP contribution in [0.3, 0.4) is 0 Å². The molecule has 0 bridgehead atoms. The van der Waals surface area contributed by atoms with Gasteiger partial charge in [-0.05, 0) is 53.8 Å². The first-order valence-electron chi connectivity index (χ1n) is 14.3. The first kappa shape index (κ1) is 24.0. The van der Waals surface area contributed by atoms with Crippen LogP contribution in [0.4, 0.5) is 0 Å². The lowest BCUT2D eigenvalue weighted by Gasteiger charge is -2.25. The van der Waals surface area contributed by atoms with E-state index >= 15 is 0 Å². The van der Waals surface area contributed by atoms with Crippen LogP contribution in [0.5, 0.6) is 0 Å². The zero-order valence-electron chi connectivity index (χ0n) is 23.5. The number of hydrogen-bond donors (Lipinski definition) is 0. The van der Waals surface area contributed by atoms with Gasteiger partial charge in [0.15, 0.2) is 5.82 Å². The molecule has 0 saturated heterocycles. The number of nitrogens with zero attached hydrogens (tertiary/aromatic N) is 4. The number of fused-ring (bicyclic) bond motifs is 6. The lowest BCUT2D eigenvalue weighted by Crippen LogP contribution is -2.25. The number of allylic oxidation sites excluding steroid dienone is 4. The Balaban J connectivity index is 1.45. The molecule has 8 rings (SSSR count). The monoisotopic (exact) mass is 530 g/mol. The maximum absolute atomic E-state index is 5.22. The lowest BCUT2D eigenvalue weighted by atomic mass is 9.82. The molecule has 41 heavy (non-hydrogen) atoms. The fourth-order valence-corrected chi connectivity index (χ4v) is 6.71. The van der Waals surface area contributed by atoms with E-state index in [1.165, 1.54) is 33.0 Å². The van der Waals surface area contributed by atoms with E-state index in [4.69, 9.17) is 15.0 Å². The van der Waals surface area contributed by atoms with Gasteiger partial charge >= 0.3 is 0 Å². The zero-order valence-corrected chi connectivity index (χ0v) is 23.5. The van der Waals surface area contributed by atoms with E-state index in [9.17, 15) is 0 Å². The predicted molar refractivity (Wildman–Crippen MR) is 167 cm³/mol. The summed E-state index contributed by atoms with van der Waals surface area (Å²) in [6.45, 7) is 6.86. The largest absolute Gasteiger partial charge is 0.278 e. The Morgan fingerprint density at radius 3 is 2.27 bits per heavy atom. The molecule has 0 N–H and O–H groups in total. The highest BCUT2D eigenvalue weighted by molar-refractivity contribution is 6.11. The van der Waals surface area contributed by atoms with Crippen molar-refractivity contribution in [3.8, 4) is 28.5 Å². The number of hydrogen-bond acceptors (Lipinski definition) is 3. The van der Waals surface area contributed by atoms with Crippen LogP contribution in [0.2, 0.25) is 0 Å². The third-order valence-electron chi connectivity index (χ3n) is 9.00. The molecule has 4 aromatic carbocycles. The summed E-state index contributed by atoms with van der Waals surface area (Å²) in [7, 11) is 0. The Kier molecular flexibility index (Phi) is 5.03. The van der Waals surface area contributed by atoms with Crippen molar-refractivity contribution in [2.24, 2.45) is 0 Å². The molecule has 0 amide bonds. The van der Waals surface area contributed by atoms with E-state index in [0.29, 0.717) is 11.8 Å². The van der Waals surface area contributed by atoms with Gasteiger partial charge < -0.3 is 0 Å². The first-order valence-corrected chi connectivity index (χ1v) is 14.3. The van der Waals surface area contributed by atoms with E-state index in [2.05, 4.69) is 122 Å². The average molecular weight is 531 g/mol. The molecule has 2 aliphatic carbocycles. The van der Waals surface area contributed by atoms with Crippen LogP contribution in [0.15, 0.2) is 115 Å². The molecular weight excluding hydrogens is 500 g/mol. The van der Waals surface area contributed by atoms with E-state index in [-0.39, 0.29) is 10.8 Å². The van der Waals surface area contributed by atoms with Crippen molar-refractivity contribution in [2.45, 2.75) is 38.0 Å². The number of aromatic nitrogens is 4. The molecule has 1 unspecified atom stereocenters. The molecule has 0 aliphatic heterocycles. The van der Waals surface area contributed by atoms with Crippen LogP contribution in [-0.2, 0) is 10.8 Å². The molecule has 0 spiro atoms. The Labute approximate surface area is 239 Å². The Morgan fingerprint density at radius 2 is 1.44 bits per heavy atom. The second-order valence-electron chi connectivity index (χ2n) is 12.0. The van der Waals surface area contributed by atoms with E-state index in [0.717, 1.165) is 28.8 Å². The minimum atomic E-state index is -0.320. The van der Waals surface area contributed by atoms with Crippen molar-refractivity contribution in [1.29, 1.82) is 0 Å². The van der Waals surface area contributed by atoms with Gasteiger partial charge in [0.2, 0.25) is 5.95 Å². The van der Waals surface area contributed by atoms with Crippen molar-refractivity contribution in [1.82, 2.24) is 19.5 Å². The third kappa shape index (κ3) is 3.50. The predicted octanol–water partition coefficient (Wildman–Crippen LogP) is 8.72. The van der Waals surface area contributed by atoms with E-state index in [1.807, 2.05) is 18.2 Å². The van der Waals surface area contributed by atoms with E-state index < -0.39 is 0 Å². The quantitative estimate of drug-likeness (QED) is 0.230. The third-order valence-corrected chi connectivity index (χ3v) is 9.00. The highest BCUT2D eigenvalue weighted by Crippen LogP contribution is 2.50.